The van der Waals surface area contributed by atoms with E-state index >= 15 is 0 Å². The van der Waals surface area contributed by atoms with E-state index in [-0.39, 0.29) is 23.7 Å². The molecule has 1 saturated heterocycles. The molecule has 1 amide bonds. The first-order chi connectivity index (χ1) is 12.6. The van der Waals surface area contributed by atoms with Crippen molar-refractivity contribution >= 4 is 5.91 Å². The number of amides is 1. The molecule has 0 aromatic heterocycles. The van der Waals surface area contributed by atoms with E-state index < -0.39 is 0 Å². The first-order valence-corrected chi connectivity index (χ1v) is 9.45. The Morgan fingerprint density at radius 2 is 2.12 bits per heavy atom. The summed E-state index contributed by atoms with van der Waals surface area (Å²) in [5.41, 5.74) is 0.218. The molecule has 1 aromatic rings. The van der Waals surface area contributed by atoms with Crippen molar-refractivity contribution in [1.82, 2.24) is 4.90 Å². The quantitative estimate of drug-likeness (QED) is 0.753. The van der Waals surface area contributed by atoms with Crippen molar-refractivity contribution in [3.8, 4) is 5.75 Å². The van der Waals surface area contributed by atoms with E-state index in [0.717, 1.165) is 19.3 Å². The second-order valence-electron chi connectivity index (χ2n) is 7.00. The van der Waals surface area contributed by atoms with Gasteiger partial charge in [0, 0.05) is 20.3 Å². The number of hydrogen-bond acceptors (Lipinski definition) is 5. The lowest BCUT2D eigenvalue weighted by Gasteiger charge is -2.42. The lowest BCUT2D eigenvalue weighted by molar-refractivity contribution is -0.0824. The molecule has 1 aromatic carbocycles. The predicted molar refractivity (Wildman–Crippen MR) is 97.5 cm³/mol. The average Bonchev–Trinajstić information content (AvgIpc) is 3.04. The van der Waals surface area contributed by atoms with E-state index in [1.54, 1.807) is 13.2 Å². The maximum atomic E-state index is 13.3. The predicted octanol–water partition coefficient (Wildman–Crippen LogP) is 2.25. The second kappa shape index (κ2) is 8.37. The highest BCUT2D eigenvalue weighted by atomic mass is 16.5. The summed E-state index contributed by atoms with van der Waals surface area (Å²) < 4.78 is 16.9. The zero-order valence-corrected chi connectivity index (χ0v) is 15.6. The molecule has 144 valence electrons. The number of aliphatic hydroxyl groups is 1. The Balaban J connectivity index is 1.77. The van der Waals surface area contributed by atoms with Crippen LogP contribution in [0.15, 0.2) is 24.3 Å². The fourth-order valence-electron chi connectivity index (χ4n) is 4.20. The van der Waals surface area contributed by atoms with E-state index in [1.807, 2.05) is 30.0 Å². The van der Waals surface area contributed by atoms with E-state index in [4.69, 9.17) is 14.2 Å². The van der Waals surface area contributed by atoms with Crippen molar-refractivity contribution in [1.29, 1.82) is 0 Å². The SMILES string of the molecule is CCOCCOc1ccccc1C(=O)N1CCC2(OC)CCC(O)CC12. The van der Waals surface area contributed by atoms with Gasteiger partial charge < -0.3 is 24.2 Å². The molecule has 1 N–H and O–H groups in total. The summed E-state index contributed by atoms with van der Waals surface area (Å²) in [5.74, 6) is 0.513. The summed E-state index contributed by atoms with van der Waals surface area (Å²) in [6, 6.07) is 7.22. The van der Waals surface area contributed by atoms with Crippen molar-refractivity contribution in [2.24, 2.45) is 0 Å². The normalized spacial score (nSPS) is 28.0. The average molecular weight is 363 g/mol. The highest BCUT2D eigenvalue weighted by Crippen LogP contribution is 2.43. The minimum absolute atomic E-state index is 0.0602. The van der Waals surface area contributed by atoms with Crippen molar-refractivity contribution in [3.05, 3.63) is 29.8 Å². The van der Waals surface area contributed by atoms with Gasteiger partial charge in [-0.1, -0.05) is 12.1 Å². The molecular formula is C20H29NO5. The molecular weight excluding hydrogens is 334 g/mol. The van der Waals surface area contributed by atoms with Gasteiger partial charge in [-0.15, -0.1) is 0 Å². The number of aliphatic hydroxyl groups excluding tert-OH is 1. The maximum Gasteiger partial charge on any atom is 0.257 e. The van der Waals surface area contributed by atoms with Crippen LogP contribution < -0.4 is 4.74 Å². The number of para-hydroxylation sites is 1. The molecule has 26 heavy (non-hydrogen) atoms. The third-order valence-electron chi connectivity index (χ3n) is 5.63. The summed E-state index contributed by atoms with van der Waals surface area (Å²) in [6.45, 7) is 4.11. The third-order valence-corrected chi connectivity index (χ3v) is 5.63. The van der Waals surface area contributed by atoms with Gasteiger partial charge in [0.25, 0.3) is 5.91 Å². The van der Waals surface area contributed by atoms with E-state index in [2.05, 4.69) is 0 Å². The molecule has 6 nitrogen and oxygen atoms in total. The Kier molecular flexibility index (Phi) is 6.16. The number of ether oxygens (including phenoxy) is 3. The molecule has 1 saturated carbocycles. The molecule has 1 heterocycles. The molecule has 3 atom stereocenters. The molecule has 2 fully saturated rings. The largest absolute Gasteiger partial charge is 0.490 e. The number of carbonyl (C=O) groups is 1. The summed E-state index contributed by atoms with van der Waals surface area (Å²) >= 11 is 0. The molecule has 0 radical (unpaired) electrons. The maximum absolute atomic E-state index is 13.3. The zero-order chi connectivity index (χ0) is 18.6. The number of rotatable bonds is 7. The summed E-state index contributed by atoms with van der Waals surface area (Å²) in [5, 5.41) is 10.1. The van der Waals surface area contributed by atoms with Crippen LogP contribution in [0.3, 0.4) is 0 Å². The standard InChI is InChI=1S/C20H29NO5/c1-3-25-12-13-26-17-7-5-4-6-16(17)19(23)21-11-10-20(24-2)9-8-15(22)14-18(20)21/h4-7,15,18,22H,3,8-14H2,1-2H3. The van der Waals surface area contributed by atoms with E-state index in [1.165, 1.54) is 0 Å². The summed E-state index contributed by atoms with van der Waals surface area (Å²) in [4.78, 5) is 15.1. The molecule has 0 spiro atoms. The Morgan fingerprint density at radius 1 is 1.31 bits per heavy atom. The van der Waals surface area contributed by atoms with Crippen LogP contribution in [-0.4, -0.2) is 67.1 Å². The highest BCUT2D eigenvalue weighted by molar-refractivity contribution is 5.97. The first kappa shape index (κ1) is 19.1. The van der Waals surface area contributed by atoms with Crippen LogP contribution in [0, 0.1) is 0 Å². The smallest absolute Gasteiger partial charge is 0.257 e. The zero-order valence-electron chi connectivity index (χ0n) is 15.6. The number of hydrogen-bond donors (Lipinski definition) is 1. The number of carbonyl (C=O) groups excluding carboxylic acids is 1. The van der Waals surface area contributed by atoms with Crippen molar-refractivity contribution in [3.63, 3.8) is 0 Å². The Bertz CT molecular complexity index is 622. The number of nitrogens with zero attached hydrogens (tertiary/aromatic N) is 1. The van der Waals surface area contributed by atoms with Crippen LogP contribution in [0.1, 0.15) is 43.0 Å². The van der Waals surface area contributed by atoms with Crippen LogP contribution in [0.2, 0.25) is 0 Å². The highest BCUT2D eigenvalue weighted by Gasteiger charge is 2.52. The Morgan fingerprint density at radius 3 is 2.88 bits per heavy atom. The van der Waals surface area contributed by atoms with Gasteiger partial charge in [0.2, 0.25) is 0 Å². The minimum atomic E-state index is -0.380. The van der Waals surface area contributed by atoms with Gasteiger partial charge in [0.15, 0.2) is 0 Å². The second-order valence-corrected chi connectivity index (χ2v) is 7.00. The fraction of sp³-hybridized carbons (Fsp3) is 0.650. The molecule has 1 aliphatic heterocycles. The van der Waals surface area contributed by atoms with Gasteiger partial charge in [-0.05, 0) is 44.7 Å². The molecule has 0 bridgehead atoms. The van der Waals surface area contributed by atoms with E-state index in [0.29, 0.717) is 44.1 Å². The molecule has 3 unspecified atom stereocenters. The first-order valence-electron chi connectivity index (χ1n) is 9.45. The number of fused-ring (bicyclic) bond motifs is 1. The lowest BCUT2D eigenvalue weighted by Crippen LogP contribution is -2.52. The van der Waals surface area contributed by atoms with Crippen molar-refractivity contribution in [2.45, 2.75) is 50.4 Å². The fourth-order valence-corrected chi connectivity index (χ4v) is 4.20. The van der Waals surface area contributed by atoms with Gasteiger partial charge in [0.1, 0.15) is 12.4 Å². The lowest BCUT2D eigenvalue weighted by atomic mass is 9.79. The summed E-state index contributed by atoms with van der Waals surface area (Å²) in [7, 11) is 1.71. The van der Waals surface area contributed by atoms with Gasteiger partial charge in [-0.2, -0.15) is 0 Å². The van der Waals surface area contributed by atoms with Gasteiger partial charge >= 0.3 is 0 Å². The van der Waals surface area contributed by atoms with Crippen molar-refractivity contribution < 1.29 is 24.1 Å². The third kappa shape index (κ3) is 3.72. The molecule has 6 heteroatoms. The van der Waals surface area contributed by atoms with Crippen LogP contribution in [0.4, 0.5) is 0 Å². The Labute approximate surface area is 155 Å². The number of likely N-dealkylation sites (tertiary alicyclic amines) is 1. The van der Waals surface area contributed by atoms with Gasteiger partial charge in [-0.25, -0.2) is 0 Å². The van der Waals surface area contributed by atoms with Crippen LogP contribution in [-0.2, 0) is 9.47 Å². The number of methoxy groups -OCH3 is 1. The minimum Gasteiger partial charge on any atom is -0.490 e. The monoisotopic (exact) mass is 363 g/mol. The number of benzene rings is 1. The van der Waals surface area contributed by atoms with Crippen molar-refractivity contribution in [2.75, 3.05) is 33.5 Å². The molecule has 2 aliphatic rings. The van der Waals surface area contributed by atoms with Gasteiger partial charge in [0.05, 0.1) is 29.9 Å². The van der Waals surface area contributed by atoms with Crippen LogP contribution in [0.25, 0.3) is 0 Å². The van der Waals surface area contributed by atoms with E-state index in [9.17, 15) is 9.90 Å². The Hall–Kier alpha value is -1.63. The topological polar surface area (TPSA) is 68.2 Å². The molecule has 1 aliphatic carbocycles. The molecule has 3 rings (SSSR count). The summed E-state index contributed by atoms with van der Waals surface area (Å²) in [6.07, 6.45) is 2.50. The van der Waals surface area contributed by atoms with Crippen LogP contribution in [0.5, 0.6) is 5.75 Å². The van der Waals surface area contributed by atoms with Gasteiger partial charge in [-0.3, -0.25) is 4.79 Å². The van der Waals surface area contributed by atoms with Crippen LogP contribution >= 0.6 is 0 Å².